The fourth-order valence-electron chi connectivity index (χ4n) is 3.12. The third kappa shape index (κ3) is 6.56. The summed E-state index contributed by atoms with van der Waals surface area (Å²) in [6.45, 7) is 5.17. The monoisotopic (exact) mass is 429 g/mol. The van der Waals surface area contributed by atoms with Crippen LogP contribution in [0.15, 0.2) is 53.5 Å². The van der Waals surface area contributed by atoms with Gasteiger partial charge in [0.05, 0.1) is 13.1 Å². The molecule has 30 heavy (non-hydrogen) atoms. The summed E-state index contributed by atoms with van der Waals surface area (Å²) in [5.74, 6) is 1.55. The predicted octanol–water partition coefficient (Wildman–Crippen LogP) is 2.41. The van der Waals surface area contributed by atoms with Crippen molar-refractivity contribution in [2.24, 2.45) is 4.99 Å². The van der Waals surface area contributed by atoms with Crippen LogP contribution in [0.25, 0.3) is 0 Å². The lowest BCUT2D eigenvalue weighted by Gasteiger charge is -2.28. The van der Waals surface area contributed by atoms with E-state index < -0.39 is 0 Å². The largest absolute Gasteiger partial charge is 0.489 e. The molecule has 1 aliphatic heterocycles. The maximum Gasteiger partial charge on any atom is 0.239 e. The summed E-state index contributed by atoms with van der Waals surface area (Å²) in [7, 11) is 1.74. The summed E-state index contributed by atoms with van der Waals surface area (Å²) < 4.78 is 5.87. The van der Waals surface area contributed by atoms with Crippen LogP contribution < -0.4 is 25.6 Å². The van der Waals surface area contributed by atoms with Gasteiger partial charge in [-0.1, -0.05) is 23.7 Å². The second-order valence-electron chi connectivity index (χ2n) is 7.13. The summed E-state index contributed by atoms with van der Waals surface area (Å²) in [5, 5.41) is 10.1. The number of halogens is 1. The third-order valence-corrected chi connectivity index (χ3v) is 4.98. The molecule has 1 fully saturated rings. The van der Waals surface area contributed by atoms with E-state index in [0.29, 0.717) is 37.2 Å². The topological polar surface area (TPSA) is 78.0 Å². The number of piperazine rings is 1. The van der Waals surface area contributed by atoms with Crippen molar-refractivity contribution < 1.29 is 9.53 Å². The van der Waals surface area contributed by atoms with Crippen LogP contribution in [0.4, 0.5) is 5.69 Å². The van der Waals surface area contributed by atoms with E-state index in [1.165, 1.54) is 0 Å². The molecule has 1 aliphatic rings. The molecule has 0 bridgehead atoms. The van der Waals surface area contributed by atoms with Gasteiger partial charge in [-0.15, -0.1) is 0 Å². The van der Waals surface area contributed by atoms with Crippen LogP contribution in [-0.4, -0.2) is 51.2 Å². The van der Waals surface area contributed by atoms with Gasteiger partial charge in [-0.05, 0) is 48.9 Å². The first-order valence-corrected chi connectivity index (χ1v) is 10.4. The molecular formula is C22H28ClN5O2. The van der Waals surface area contributed by atoms with E-state index in [4.69, 9.17) is 16.3 Å². The van der Waals surface area contributed by atoms with Gasteiger partial charge >= 0.3 is 0 Å². The summed E-state index contributed by atoms with van der Waals surface area (Å²) in [6, 6.07) is 15.5. The normalized spacial score (nSPS) is 15.4. The van der Waals surface area contributed by atoms with Crippen molar-refractivity contribution in [1.29, 1.82) is 0 Å². The van der Waals surface area contributed by atoms with Gasteiger partial charge in [0.1, 0.15) is 11.9 Å². The van der Waals surface area contributed by atoms with E-state index in [-0.39, 0.29) is 12.0 Å². The van der Waals surface area contributed by atoms with Crippen LogP contribution in [0, 0.1) is 0 Å². The van der Waals surface area contributed by atoms with Crippen molar-refractivity contribution in [3.05, 3.63) is 59.1 Å². The van der Waals surface area contributed by atoms with Crippen LogP contribution in [-0.2, 0) is 11.3 Å². The maximum atomic E-state index is 11.6. The number of nitrogens with one attached hydrogen (secondary N) is 3. The molecule has 0 spiro atoms. The van der Waals surface area contributed by atoms with Crippen LogP contribution in [0.5, 0.6) is 5.75 Å². The minimum absolute atomic E-state index is 0.0363. The lowest BCUT2D eigenvalue weighted by molar-refractivity contribution is -0.120. The number of carbonyl (C=O) groups is 1. The van der Waals surface area contributed by atoms with Gasteiger partial charge < -0.3 is 25.6 Å². The Morgan fingerprint density at radius 2 is 1.93 bits per heavy atom. The SMILES string of the molecule is CN=C(NCc1ccc(N2CCNC(=O)C2)cc1)NCC(C)Oc1ccc(Cl)cc1. The number of ether oxygens (including phenoxy) is 1. The number of hydrogen-bond donors (Lipinski definition) is 3. The Balaban J connectivity index is 1.43. The summed E-state index contributed by atoms with van der Waals surface area (Å²) in [6.07, 6.45) is -0.0363. The highest BCUT2D eigenvalue weighted by atomic mass is 35.5. The van der Waals surface area contributed by atoms with E-state index in [1.807, 2.05) is 43.3 Å². The molecule has 160 valence electrons. The predicted molar refractivity (Wildman–Crippen MR) is 121 cm³/mol. The van der Waals surface area contributed by atoms with Crippen LogP contribution in [0.1, 0.15) is 12.5 Å². The second-order valence-corrected chi connectivity index (χ2v) is 7.56. The van der Waals surface area contributed by atoms with Crippen molar-refractivity contribution in [3.63, 3.8) is 0 Å². The van der Waals surface area contributed by atoms with E-state index >= 15 is 0 Å². The number of benzene rings is 2. The van der Waals surface area contributed by atoms with Crippen LogP contribution in [0.2, 0.25) is 5.02 Å². The molecule has 3 N–H and O–H groups in total. The van der Waals surface area contributed by atoms with Gasteiger partial charge in [0.25, 0.3) is 0 Å². The Hall–Kier alpha value is -2.93. The van der Waals surface area contributed by atoms with Gasteiger partial charge in [-0.25, -0.2) is 0 Å². The van der Waals surface area contributed by atoms with Crippen molar-refractivity contribution in [1.82, 2.24) is 16.0 Å². The zero-order chi connectivity index (χ0) is 21.3. The maximum absolute atomic E-state index is 11.6. The molecule has 2 aromatic carbocycles. The van der Waals surface area contributed by atoms with Crippen LogP contribution >= 0.6 is 11.6 Å². The van der Waals surface area contributed by atoms with Gasteiger partial charge in [0, 0.05) is 37.4 Å². The molecular weight excluding hydrogens is 402 g/mol. The number of amides is 1. The lowest BCUT2D eigenvalue weighted by Crippen LogP contribution is -2.47. The molecule has 1 amide bonds. The zero-order valence-electron chi connectivity index (χ0n) is 17.3. The average molecular weight is 430 g/mol. The standard InChI is InChI=1S/C22H28ClN5O2/c1-16(30-20-9-5-18(23)6-10-20)13-26-22(24-2)27-14-17-3-7-19(8-4-17)28-12-11-25-21(29)15-28/h3-10,16H,11-15H2,1-2H3,(H,25,29)(H2,24,26,27). The number of guanidine groups is 1. The Kier molecular flexibility index (Phi) is 7.79. The Morgan fingerprint density at radius 3 is 2.60 bits per heavy atom. The molecule has 1 atom stereocenters. The molecule has 0 aliphatic carbocycles. The van der Waals surface area contributed by atoms with Gasteiger partial charge in [0.15, 0.2) is 5.96 Å². The van der Waals surface area contributed by atoms with Gasteiger partial charge in [0.2, 0.25) is 5.91 Å². The number of carbonyl (C=O) groups excluding carboxylic acids is 1. The van der Waals surface area contributed by atoms with Crippen molar-refractivity contribution in [3.8, 4) is 5.75 Å². The first kappa shape index (κ1) is 21.8. The van der Waals surface area contributed by atoms with Gasteiger partial charge in [-0.2, -0.15) is 0 Å². The molecule has 1 unspecified atom stereocenters. The highest BCUT2D eigenvalue weighted by molar-refractivity contribution is 6.30. The molecule has 3 rings (SSSR count). The summed E-state index contributed by atoms with van der Waals surface area (Å²) >= 11 is 5.90. The molecule has 2 aromatic rings. The van der Waals surface area contributed by atoms with E-state index in [9.17, 15) is 4.79 Å². The number of nitrogens with zero attached hydrogens (tertiary/aromatic N) is 2. The summed E-state index contributed by atoms with van der Waals surface area (Å²) in [4.78, 5) is 17.9. The van der Waals surface area contributed by atoms with Crippen molar-refractivity contribution in [2.45, 2.75) is 19.6 Å². The first-order valence-electron chi connectivity index (χ1n) is 10.0. The number of hydrogen-bond acceptors (Lipinski definition) is 4. The number of anilines is 1. The fourth-order valence-corrected chi connectivity index (χ4v) is 3.24. The molecule has 1 heterocycles. The van der Waals surface area contributed by atoms with E-state index in [2.05, 4.69) is 38.0 Å². The Labute approximate surface area is 182 Å². The second kappa shape index (κ2) is 10.7. The van der Waals surface area contributed by atoms with E-state index in [1.54, 1.807) is 7.05 Å². The minimum Gasteiger partial charge on any atom is -0.489 e. The molecule has 8 heteroatoms. The lowest BCUT2D eigenvalue weighted by atomic mass is 10.2. The molecule has 0 aromatic heterocycles. The highest BCUT2D eigenvalue weighted by Gasteiger charge is 2.16. The third-order valence-electron chi connectivity index (χ3n) is 4.73. The summed E-state index contributed by atoms with van der Waals surface area (Å²) in [5.41, 5.74) is 2.19. The van der Waals surface area contributed by atoms with Crippen molar-refractivity contribution in [2.75, 3.05) is 38.1 Å². The number of rotatable bonds is 7. The van der Waals surface area contributed by atoms with Gasteiger partial charge in [-0.3, -0.25) is 9.79 Å². The number of aliphatic imine (C=N–C) groups is 1. The first-order chi connectivity index (χ1) is 14.5. The molecule has 0 saturated carbocycles. The quantitative estimate of drug-likeness (QED) is 0.465. The highest BCUT2D eigenvalue weighted by Crippen LogP contribution is 2.17. The van der Waals surface area contributed by atoms with E-state index in [0.717, 1.165) is 23.5 Å². The Bertz CT molecular complexity index is 855. The average Bonchev–Trinajstić information content (AvgIpc) is 2.76. The van der Waals surface area contributed by atoms with Crippen LogP contribution in [0.3, 0.4) is 0 Å². The molecule has 0 radical (unpaired) electrons. The molecule has 7 nitrogen and oxygen atoms in total. The smallest absolute Gasteiger partial charge is 0.239 e. The van der Waals surface area contributed by atoms with Crippen molar-refractivity contribution >= 4 is 29.2 Å². The minimum atomic E-state index is -0.0363. The zero-order valence-corrected chi connectivity index (χ0v) is 18.1. The Morgan fingerprint density at radius 1 is 1.20 bits per heavy atom. The molecule has 1 saturated heterocycles. The fraction of sp³-hybridized carbons (Fsp3) is 0.364.